The van der Waals surface area contributed by atoms with Gasteiger partial charge in [-0.2, -0.15) is 0 Å². The Morgan fingerprint density at radius 3 is 1.50 bits per heavy atom. The summed E-state index contributed by atoms with van der Waals surface area (Å²) in [4.78, 5) is 24.4. The van der Waals surface area contributed by atoms with Crippen LogP contribution < -0.4 is 0 Å². The largest absolute Gasteiger partial charge is 0.391 e. The van der Waals surface area contributed by atoms with E-state index in [9.17, 15) is 4.79 Å². The van der Waals surface area contributed by atoms with Gasteiger partial charge in [-0.05, 0) is 16.7 Å². The molecule has 0 spiro atoms. The molecule has 0 heterocycles. The Labute approximate surface area is 211 Å². The number of nitrogens with zero attached hydrogens (tertiary/aromatic N) is 2. The molecule has 0 N–H and O–H groups in total. The third-order valence-electron chi connectivity index (χ3n) is 5.46. The molecule has 0 aliphatic heterocycles. The van der Waals surface area contributed by atoms with Crippen molar-refractivity contribution >= 4 is 17.2 Å². The quantitative estimate of drug-likeness (QED) is 0.128. The Kier molecular flexibility index (Phi) is 9.16. The Morgan fingerprint density at radius 2 is 0.972 bits per heavy atom. The molecular weight excluding hydrogens is 448 g/mol. The standard InChI is InChI=1S/C31H28N2O3/c34-31(28-19-11-4-12-20-28)22-29(32-35-23-25-13-5-1-6-14-25)21-30(27-17-9-3-10-18-27)33-36-24-26-15-7-2-8-16-26/h1-20H,21-24H2. The van der Waals surface area contributed by atoms with Crippen LogP contribution in [0.3, 0.4) is 0 Å². The van der Waals surface area contributed by atoms with E-state index in [1.165, 1.54) is 0 Å². The summed E-state index contributed by atoms with van der Waals surface area (Å²) in [6.45, 7) is 0.656. The van der Waals surface area contributed by atoms with Gasteiger partial charge in [0.1, 0.15) is 13.2 Å². The van der Waals surface area contributed by atoms with Gasteiger partial charge in [-0.15, -0.1) is 0 Å². The van der Waals surface area contributed by atoms with Gasteiger partial charge in [0.25, 0.3) is 0 Å². The lowest BCUT2D eigenvalue weighted by atomic mass is 9.99. The number of hydrogen-bond acceptors (Lipinski definition) is 5. The summed E-state index contributed by atoms with van der Waals surface area (Å²) >= 11 is 0. The monoisotopic (exact) mass is 476 g/mol. The minimum absolute atomic E-state index is 0.0322. The fourth-order valence-electron chi connectivity index (χ4n) is 3.58. The van der Waals surface area contributed by atoms with Gasteiger partial charge in [0.15, 0.2) is 5.78 Å². The van der Waals surface area contributed by atoms with Gasteiger partial charge >= 0.3 is 0 Å². The molecule has 0 amide bonds. The highest BCUT2D eigenvalue weighted by molar-refractivity contribution is 6.18. The molecule has 0 aliphatic rings. The molecule has 0 radical (unpaired) electrons. The van der Waals surface area contributed by atoms with E-state index >= 15 is 0 Å². The fraction of sp³-hybridized carbons (Fsp3) is 0.129. The van der Waals surface area contributed by atoms with E-state index < -0.39 is 0 Å². The van der Waals surface area contributed by atoms with Gasteiger partial charge in [-0.3, -0.25) is 4.79 Å². The summed E-state index contributed by atoms with van der Waals surface area (Å²) in [5.41, 5.74) is 4.80. The van der Waals surface area contributed by atoms with E-state index in [-0.39, 0.29) is 12.2 Å². The van der Waals surface area contributed by atoms with Gasteiger partial charge in [0.05, 0.1) is 17.8 Å². The topological polar surface area (TPSA) is 60.2 Å². The van der Waals surface area contributed by atoms with Crippen molar-refractivity contribution in [2.75, 3.05) is 0 Å². The summed E-state index contributed by atoms with van der Waals surface area (Å²) in [6.07, 6.45) is 0.426. The maximum atomic E-state index is 13.0. The number of carbonyl (C=O) groups is 1. The third kappa shape index (κ3) is 7.77. The molecule has 0 atom stereocenters. The van der Waals surface area contributed by atoms with Gasteiger partial charge in [0, 0.05) is 12.0 Å². The molecule has 0 saturated heterocycles. The minimum Gasteiger partial charge on any atom is -0.391 e. The number of hydrogen-bond donors (Lipinski definition) is 0. The molecule has 0 unspecified atom stereocenters. The van der Waals surface area contributed by atoms with E-state index in [0.29, 0.717) is 36.6 Å². The second-order valence-corrected chi connectivity index (χ2v) is 8.22. The molecule has 4 aromatic carbocycles. The van der Waals surface area contributed by atoms with Crippen LogP contribution in [0.15, 0.2) is 132 Å². The lowest BCUT2D eigenvalue weighted by molar-refractivity contribution is 0.0993. The molecule has 5 heteroatoms. The van der Waals surface area contributed by atoms with Gasteiger partial charge in [-0.25, -0.2) is 0 Å². The summed E-state index contributed by atoms with van der Waals surface area (Å²) in [6, 6.07) is 38.6. The smallest absolute Gasteiger partial charge is 0.168 e. The lowest BCUT2D eigenvalue weighted by Gasteiger charge is -2.10. The second-order valence-electron chi connectivity index (χ2n) is 8.22. The van der Waals surface area contributed by atoms with Crippen LogP contribution in [0.25, 0.3) is 0 Å². The third-order valence-corrected chi connectivity index (χ3v) is 5.46. The Bertz CT molecular complexity index is 1270. The maximum absolute atomic E-state index is 13.0. The zero-order valence-electron chi connectivity index (χ0n) is 20.0. The van der Waals surface area contributed by atoms with Gasteiger partial charge in [-0.1, -0.05) is 132 Å². The average molecular weight is 477 g/mol. The number of rotatable bonds is 12. The molecule has 0 aromatic heterocycles. The number of ketones is 1. The molecule has 4 rings (SSSR count). The normalized spacial score (nSPS) is 11.7. The molecule has 36 heavy (non-hydrogen) atoms. The first-order valence-electron chi connectivity index (χ1n) is 11.9. The highest BCUT2D eigenvalue weighted by Gasteiger charge is 2.16. The summed E-state index contributed by atoms with van der Waals surface area (Å²) in [5.74, 6) is -0.0322. The number of Topliss-reactive ketones (excluding diaryl/α,β-unsaturated/α-hetero) is 1. The van der Waals surface area contributed by atoms with Crippen LogP contribution in [0.5, 0.6) is 0 Å². The molecule has 0 fully saturated rings. The highest BCUT2D eigenvalue weighted by Crippen LogP contribution is 2.13. The van der Waals surface area contributed by atoms with Crippen molar-refractivity contribution < 1.29 is 14.5 Å². The number of oxime groups is 2. The molecule has 5 nitrogen and oxygen atoms in total. The minimum atomic E-state index is -0.0322. The van der Waals surface area contributed by atoms with Crippen molar-refractivity contribution in [3.8, 4) is 0 Å². The summed E-state index contributed by atoms with van der Waals surface area (Å²) < 4.78 is 0. The zero-order valence-corrected chi connectivity index (χ0v) is 20.0. The van der Waals surface area contributed by atoms with E-state index in [0.717, 1.165) is 16.7 Å². The highest BCUT2D eigenvalue weighted by atomic mass is 16.6. The summed E-state index contributed by atoms with van der Waals surface area (Å²) in [7, 11) is 0. The van der Waals surface area contributed by atoms with Crippen LogP contribution in [0.2, 0.25) is 0 Å². The van der Waals surface area contributed by atoms with Crippen LogP contribution in [-0.2, 0) is 22.9 Å². The molecule has 0 aliphatic carbocycles. The average Bonchev–Trinajstić information content (AvgIpc) is 2.94. The van der Waals surface area contributed by atoms with E-state index in [4.69, 9.17) is 9.68 Å². The Balaban J connectivity index is 1.54. The maximum Gasteiger partial charge on any atom is 0.168 e. The first kappa shape index (κ1) is 24.6. The molecule has 4 aromatic rings. The van der Waals surface area contributed by atoms with Gasteiger partial charge < -0.3 is 9.68 Å². The number of carbonyl (C=O) groups excluding carboxylic acids is 1. The Hall–Kier alpha value is -4.51. The van der Waals surface area contributed by atoms with Crippen molar-refractivity contribution in [1.29, 1.82) is 0 Å². The first-order chi connectivity index (χ1) is 17.8. The van der Waals surface area contributed by atoms with Crippen LogP contribution in [0.1, 0.15) is 39.9 Å². The first-order valence-corrected chi connectivity index (χ1v) is 11.9. The van der Waals surface area contributed by atoms with Crippen molar-refractivity contribution in [1.82, 2.24) is 0 Å². The van der Waals surface area contributed by atoms with Crippen molar-refractivity contribution in [2.45, 2.75) is 26.1 Å². The van der Waals surface area contributed by atoms with Crippen molar-refractivity contribution in [3.05, 3.63) is 144 Å². The molecule has 0 saturated carbocycles. The predicted octanol–water partition coefficient (Wildman–Crippen LogP) is 6.84. The van der Waals surface area contributed by atoms with Crippen molar-refractivity contribution in [2.24, 2.45) is 10.3 Å². The van der Waals surface area contributed by atoms with Crippen LogP contribution >= 0.6 is 0 Å². The fourth-order valence-corrected chi connectivity index (χ4v) is 3.58. The number of benzene rings is 4. The van der Waals surface area contributed by atoms with Gasteiger partial charge in [0.2, 0.25) is 0 Å². The second kappa shape index (κ2) is 13.4. The SMILES string of the molecule is O=C(CC(CC(=NOCc1ccccc1)c1ccccc1)=NOCc1ccccc1)c1ccccc1. The van der Waals surface area contributed by atoms with E-state index in [1.807, 2.05) is 109 Å². The molecular formula is C31H28N2O3. The van der Waals surface area contributed by atoms with E-state index in [2.05, 4.69) is 10.3 Å². The predicted molar refractivity (Wildman–Crippen MR) is 143 cm³/mol. The van der Waals surface area contributed by atoms with E-state index in [1.54, 1.807) is 12.1 Å². The van der Waals surface area contributed by atoms with Crippen LogP contribution in [-0.4, -0.2) is 17.2 Å². The summed E-state index contributed by atoms with van der Waals surface area (Å²) in [5, 5.41) is 8.82. The lowest BCUT2D eigenvalue weighted by Crippen LogP contribution is -2.15. The zero-order chi connectivity index (χ0) is 24.8. The van der Waals surface area contributed by atoms with Crippen LogP contribution in [0, 0.1) is 0 Å². The van der Waals surface area contributed by atoms with Crippen molar-refractivity contribution in [3.63, 3.8) is 0 Å². The van der Waals surface area contributed by atoms with Crippen LogP contribution in [0.4, 0.5) is 0 Å². The molecule has 0 bridgehead atoms. The molecule has 180 valence electrons. The Morgan fingerprint density at radius 1 is 0.528 bits per heavy atom.